The standard InChI is InChI=1S/C11H12O2S/c1-3-5-8-7-9(11(12)13)10(14-8)6-4-2/h3-4,7H,1-2,5-6H2,(H,12,13). The van der Waals surface area contributed by atoms with Crippen molar-refractivity contribution in [3.63, 3.8) is 0 Å². The maximum atomic E-state index is 10.9. The molecule has 0 atom stereocenters. The largest absolute Gasteiger partial charge is 0.478 e. The Morgan fingerprint density at radius 3 is 2.57 bits per heavy atom. The van der Waals surface area contributed by atoms with Gasteiger partial charge in [0.1, 0.15) is 0 Å². The van der Waals surface area contributed by atoms with Gasteiger partial charge in [-0.15, -0.1) is 24.5 Å². The van der Waals surface area contributed by atoms with Gasteiger partial charge in [0.05, 0.1) is 5.56 Å². The molecule has 1 rings (SSSR count). The van der Waals surface area contributed by atoms with Crippen molar-refractivity contribution in [1.29, 1.82) is 0 Å². The number of thiophene rings is 1. The number of hydrogen-bond acceptors (Lipinski definition) is 2. The molecule has 74 valence electrons. The summed E-state index contributed by atoms with van der Waals surface area (Å²) in [4.78, 5) is 12.8. The van der Waals surface area contributed by atoms with E-state index in [4.69, 9.17) is 5.11 Å². The molecular formula is C11H12O2S. The number of carboxylic acids is 1. The molecule has 1 aromatic heterocycles. The van der Waals surface area contributed by atoms with Crippen LogP contribution in [-0.2, 0) is 12.8 Å². The molecule has 0 fully saturated rings. The summed E-state index contributed by atoms with van der Waals surface area (Å²) in [7, 11) is 0. The SMILES string of the molecule is C=CCc1cc(C(=O)O)c(CC=C)s1. The molecule has 0 bridgehead atoms. The third kappa shape index (κ3) is 2.33. The summed E-state index contributed by atoms with van der Waals surface area (Å²) in [5.41, 5.74) is 0.395. The Labute approximate surface area is 87.2 Å². The van der Waals surface area contributed by atoms with Gasteiger partial charge in [0.15, 0.2) is 0 Å². The molecule has 2 nitrogen and oxygen atoms in total. The first-order valence-corrected chi connectivity index (χ1v) is 5.07. The monoisotopic (exact) mass is 208 g/mol. The molecule has 0 radical (unpaired) electrons. The van der Waals surface area contributed by atoms with Crippen LogP contribution < -0.4 is 0 Å². The van der Waals surface area contributed by atoms with Gasteiger partial charge >= 0.3 is 5.97 Å². The predicted octanol–water partition coefficient (Wildman–Crippen LogP) is 2.90. The minimum Gasteiger partial charge on any atom is -0.478 e. The Balaban J connectivity index is 3.04. The van der Waals surface area contributed by atoms with E-state index >= 15 is 0 Å². The third-order valence-corrected chi connectivity index (χ3v) is 2.95. The van der Waals surface area contributed by atoms with Crippen molar-refractivity contribution in [1.82, 2.24) is 0 Å². The zero-order valence-corrected chi connectivity index (χ0v) is 8.64. The zero-order chi connectivity index (χ0) is 10.6. The Kier molecular flexibility index (Phi) is 3.65. The summed E-state index contributed by atoms with van der Waals surface area (Å²) < 4.78 is 0. The molecule has 0 amide bonds. The fourth-order valence-corrected chi connectivity index (χ4v) is 2.34. The summed E-state index contributed by atoms with van der Waals surface area (Å²) in [5.74, 6) is -0.867. The summed E-state index contributed by atoms with van der Waals surface area (Å²) in [6.45, 7) is 7.23. The van der Waals surface area contributed by atoms with E-state index in [1.165, 1.54) is 11.3 Å². The molecule has 0 aliphatic heterocycles. The average molecular weight is 208 g/mol. The minimum absolute atomic E-state index is 0.395. The number of allylic oxidation sites excluding steroid dienone is 2. The van der Waals surface area contributed by atoms with Crippen molar-refractivity contribution < 1.29 is 9.90 Å². The fourth-order valence-electron chi connectivity index (χ4n) is 1.19. The summed E-state index contributed by atoms with van der Waals surface area (Å²) in [6, 6.07) is 1.72. The molecule has 0 unspecified atom stereocenters. The van der Waals surface area contributed by atoms with Crippen LogP contribution in [0, 0.1) is 0 Å². The van der Waals surface area contributed by atoms with Crippen molar-refractivity contribution in [2.45, 2.75) is 12.8 Å². The lowest BCUT2D eigenvalue weighted by molar-refractivity contribution is 0.0696. The lowest BCUT2D eigenvalue weighted by Crippen LogP contribution is -1.97. The van der Waals surface area contributed by atoms with Crippen LogP contribution in [0.1, 0.15) is 20.1 Å². The number of hydrogen-bond donors (Lipinski definition) is 1. The Bertz CT molecular complexity index is 363. The van der Waals surface area contributed by atoms with Crippen LogP contribution in [-0.4, -0.2) is 11.1 Å². The van der Waals surface area contributed by atoms with Crippen LogP contribution in [0.5, 0.6) is 0 Å². The van der Waals surface area contributed by atoms with Gasteiger partial charge in [0, 0.05) is 16.2 Å². The van der Waals surface area contributed by atoms with E-state index < -0.39 is 5.97 Å². The predicted molar refractivity (Wildman–Crippen MR) is 59.1 cm³/mol. The molecule has 0 aliphatic rings. The van der Waals surface area contributed by atoms with Crippen molar-refractivity contribution >= 4 is 17.3 Å². The lowest BCUT2D eigenvalue weighted by Gasteiger charge is -1.92. The number of carboxylic acid groups (broad SMARTS) is 1. The second-order valence-electron chi connectivity index (χ2n) is 2.84. The number of aromatic carboxylic acids is 1. The summed E-state index contributed by atoms with van der Waals surface area (Å²) >= 11 is 1.51. The highest BCUT2D eigenvalue weighted by Crippen LogP contribution is 2.24. The van der Waals surface area contributed by atoms with Crippen LogP contribution in [0.4, 0.5) is 0 Å². The zero-order valence-electron chi connectivity index (χ0n) is 7.82. The molecule has 0 saturated carbocycles. The second kappa shape index (κ2) is 4.77. The van der Waals surface area contributed by atoms with E-state index in [0.717, 1.165) is 16.2 Å². The van der Waals surface area contributed by atoms with Crippen LogP contribution >= 0.6 is 11.3 Å². The van der Waals surface area contributed by atoms with Crippen LogP contribution in [0.3, 0.4) is 0 Å². The van der Waals surface area contributed by atoms with Crippen molar-refractivity contribution in [2.24, 2.45) is 0 Å². The van der Waals surface area contributed by atoms with Gasteiger partial charge in [-0.25, -0.2) is 4.79 Å². The smallest absolute Gasteiger partial charge is 0.336 e. The normalized spacial score (nSPS) is 9.71. The van der Waals surface area contributed by atoms with Crippen LogP contribution in [0.2, 0.25) is 0 Å². The molecule has 1 heterocycles. The topological polar surface area (TPSA) is 37.3 Å². The van der Waals surface area contributed by atoms with Gasteiger partial charge in [0.25, 0.3) is 0 Å². The molecule has 0 spiro atoms. The maximum Gasteiger partial charge on any atom is 0.336 e. The van der Waals surface area contributed by atoms with E-state index in [0.29, 0.717) is 12.0 Å². The molecular weight excluding hydrogens is 196 g/mol. The van der Waals surface area contributed by atoms with E-state index in [1.807, 2.05) is 0 Å². The lowest BCUT2D eigenvalue weighted by atomic mass is 10.2. The highest BCUT2D eigenvalue weighted by Gasteiger charge is 2.13. The first-order chi connectivity index (χ1) is 6.69. The Morgan fingerprint density at radius 1 is 1.43 bits per heavy atom. The fraction of sp³-hybridized carbons (Fsp3) is 0.182. The average Bonchev–Trinajstić information content (AvgIpc) is 2.49. The highest BCUT2D eigenvalue weighted by molar-refractivity contribution is 7.12. The Morgan fingerprint density at radius 2 is 2.07 bits per heavy atom. The molecule has 0 saturated heterocycles. The second-order valence-corrected chi connectivity index (χ2v) is 4.06. The van der Waals surface area contributed by atoms with Crippen LogP contribution in [0.15, 0.2) is 31.4 Å². The molecule has 0 aliphatic carbocycles. The van der Waals surface area contributed by atoms with Crippen molar-refractivity contribution in [3.05, 3.63) is 46.7 Å². The third-order valence-electron chi connectivity index (χ3n) is 1.77. The number of rotatable bonds is 5. The maximum absolute atomic E-state index is 10.9. The summed E-state index contributed by atoms with van der Waals surface area (Å²) in [6.07, 6.45) is 4.83. The first-order valence-electron chi connectivity index (χ1n) is 4.25. The van der Waals surface area contributed by atoms with Crippen molar-refractivity contribution in [3.8, 4) is 0 Å². The quantitative estimate of drug-likeness (QED) is 0.755. The summed E-state index contributed by atoms with van der Waals surface area (Å²) in [5, 5.41) is 8.92. The van der Waals surface area contributed by atoms with Crippen LogP contribution in [0.25, 0.3) is 0 Å². The van der Waals surface area contributed by atoms with Gasteiger partial charge in [-0.1, -0.05) is 12.2 Å². The highest BCUT2D eigenvalue weighted by atomic mass is 32.1. The first kappa shape index (κ1) is 10.7. The van der Waals surface area contributed by atoms with E-state index in [9.17, 15) is 4.79 Å². The van der Waals surface area contributed by atoms with Gasteiger partial charge in [-0.2, -0.15) is 0 Å². The van der Waals surface area contributed by atoms with Gasteiger partial charge in [0.2, 0.25) is 0 Å². The molecule has 1 aromatic rings. The van der Waals surface area contributed by atoms with E-state index in [-0.39, 0.29) is 0 Å². The van der Waals surface area contributed by atoms with Gasteiger partial charge < -0.3 is 5.11 Å². The Hall–Kier alpha value is -1.35. The molecule has 1 N–H and O–H groups in total. The van der Waals surface area contributed by atoms with E-state index in [1.54, 1.807) is 18.2 Å². The van der Waals surface area contributed by atoms with Gasteiger partial charge in [-0.3, -0.25) is 0 Å². The molecule has 14 heavy (non-hydrogen) atoms. The van der Waals surface area contributed by atoms with Crippen molar-refractivity contribution in [2.75, 3.05) is 0 Å². The minimum atomic E-state index is -0.867. The molecule has 3 heteroatoms. The van der Waals surface area contributed by atoms with E-state index in [2.05, 4.69) is 13.2 Å². The number of carbonyl (C=O) groups is 1. The van der Waals surface area contributed by atoms with Gasteiger partial charge in [-0.05, 0) is 12.5 Å². The molecule has 0 aromatic carbocycles.